The van der Waals surface area contributed by atoms with Crippen LogP contribution >= 0.6 is 0 Å². The molecule has 0 radical (unpaired) electrons. The van der Waals surface area contributed by atoms with Crippen LogP contribution in [0.15, 0.2) is 74.9 Å². The van der Waals surface area contributed by atoms with Gasteiger partial charge in [0.25, 0.3) is 11.1 Å². The molecule has 0 atom stereocenters. The van der Waals surface area contributed by atoms with Crippen molar-refractivity contribution >= 4 is 5.91 Å². The molecular weight excluding hydrogens is 454 g/mol. The summed E-state index contributed by atoms with van der Waals surface area (Å²) in [4.78, 5) is 36.8. The molecule has 1 N–H and O–H groups in total. The van der Waals surface area contributed by atoms with Gasteiger partial charge in [0.2, 0.25) is 5.91 Å². The molecule has 1 amide bonds. The summed E-state index contributed by atoms with van der Waals surface area (Å²) in [6, 6.07) is 14.6. The van der Waals surface area contributed by atoms with Crippen LogP contribution < -0.4 is 25.9 Å². The summed E-state index contributed by atoms with van der Waals surface area (Å²) in [5, 5.41) is 11.2. The second kappa shape index (κ2) is 10.5. The molecule has 0 spiro atoms. The predicted molar refractivity (Wildman–Crippen MR) is 126 cm³/mol. The van der Waals surface area contributed by atoms with Crippen molar-refractivity contribution in [3.05, 3.63) is 81.6 Å². The lowest BCUT2D eigenvalue weighted by Crippen LogP contribution is -2.36. The number of methoxy groups -OCH3 is 2. The minimum absolute atomic E-state index is 0.136. The molecule has 0 unspecified atom stereocenters. The quantitative estimate of drug-likeness (QED) is 0.384. The van der Waals surface area contributed by atoms with Crippen molar-refractivity contribution in [2.45, 2.75) is 13.1 Å². The lowest BCUT2D eigenvalue weighted by Gasteiger charge is -2.11. The first kappa shape index (κ1) is 23.5. The summed E-state index contributed by atoms with van der Waals surface area (Å²) >= 11 is 0. The van der Waals surface area contributed by atoms with Gasteiger partial charge in [-0.2, -0.15) is 10.2 Å². The van der Waals surface area contributed by atoms with E-state index in [9.17, 15) is 14.4 Å². The highest BCUT2D eigenvalue weighted by atomic mass is 16.5. The second-order valence-electron chi connectivity index (χ2n) is 7.39. The smallest absolute Gasteiger partial charge is 0.267 e. The second-order valence-corrected chi connectivity index (χ2v) is 7.39. The van der Waals surface area contributed by atoms with Crippen molar-refractivity contribution in [2.75, 3.05) is 20.8 Å². The minimum atomic E-state index is -0.431. The average molecular weight is 477 g/mol. The molecular formula is C24H23N5O6. The fourth-order valence-corrected chi connectivity index (χ4v) is 3.37. The van der Waals surface area contributed by atoms with E-state index in [1.54, 1.807) is 42.5 Å². The largest absolute Gasteiger partial charge is 0.493 e. The maximum Gasteiger partial charge on any atom is 0.267 e. The molecule has 0 saturated carbocycles. The van der Waals surface area contributed by atoms with E-state index < -0.39 is 11.5 Å². The summed E-state index contributed by atoms with van der Waals surface area (Å²) < 4.78 is 18.2. The molecule has 0 fully saturated rings. The zero-order valence-electron chi connectivity index (χ0n) is 19.1. The van der Waals surface area contributed by atoms with Gasteiger partial charge in [-0.05, 0) is 42.5 Å². The molecule has 180 valence electrons. The Hall–Kier alpha value is -4.67. The number of benzene rings is 1. The Morgan fingerprint density at radius 1 is 0.914 bits per heavy atom. The highest BCUT2D eigenvalue weighted by molar-refractivity contribution is 5.75. The van der Waals surface area contributed by atoms with Gasteiger partial charge in [-0.3, -0.25) is 14.4 Å². The molecule has 3 aromatic heterocycles. The van der Waals surface area contributed by atoms with E-state index in [2.05, 4.69) is 15.5 Å². The van der Waals surface area contributed by atoms with Crippen LogP contribution in [-0.2, 0) is 17.9 Å². The molecule has 35 heavy (non-hydrogen) atoms. The maximum absolute atomic E-state index is 12.5. The first-order chi connectivity index (χ1) is 17.0. The van der Waals surface area contributed by atoms with E-state index in [0.717, 1.165) is 4.68 Å². The number of carbonyl (C=O) groups is 1. The van der Waals surface area contributed by atoms with Crippen LogP contribution in [0, 0.1) is 0 Å². The monoisotopic (exact) mass is 477 g/mol. The Balaban J connectivity index is 1.41. The van der Waals surface area contributed by atoms with Gasteiger partial charge < -0.3 is 19.2 Å². The number of ether oxygens (including phenoxy) is 2. The standard InChI is InChI=1S/C24H23N5O6/c1-33-20-8-5-16(14-21(20)34-2)17-6-9-24(32)29(26-17)15-22(30)25-11-12-28-23(31)10-7-18(27-28)19-4-3-13-35-19/h3-10,13-14H,11-12,15H2,1-2H3,(H,25,30). The zero-order chi connectivity index (χ0) is 24.8. The molecule has 4 aromatic rings. The van der Waals surface area contributed by atoms with Gasteiger partial charge in [-0.25, -0.2) is 9.36 Å². The van der Waals surface area contributed by atoms with Crippen molar-refractivity contribution in [3.63, 3.8) is 0 Å². The van der Waals surface area contributed by atoms with Crippen LogP contribution in [0.4, 0.5) is 0 Å². The van der Waals surface area contributed by atoms with Crippen molar-refractivity contribution < 1.29 is 18.7 Å². The van der Waals surface area contributed by atoms with Crippen LogP contribution in [0.2, 0.25) is 0 Å². The summed E-state index contributed by atoms with van der Waals surface area (Å²) in [5.41, 5.74) is 0.953. The number of furan rings is 1. The van der Waals surface area contributed by atoms with Crippen LogP contribution in [0.3, 0.4) is 0 Å². The molecule has 11 heteroatoms. The third-order valence-electron chi connectivity index (χ3n) is 5.13. The fourth-order valence-electron chi connectivity index (χ4n) is 3.37. The van der Waals surface area contributed by atoms with E-state index in [-0.39, 0.29) is 25.2 Å². The lowest BCUT2D eigenvalue weighted by atomic mass is 10.1. The average Bonchev–Trinajstić information content (AvgIpc) is 3.41. The summed E-state index contributed by atoms with van der Waals surface area (Å²) in [7, 11) is 3.06. The Bertz CT molecular complexity index is 1440. The Kier molecular flexibility index (Phi) is 7.05. The molecule has 0 bridgehead atoms. The SMILES string of the molecule is COc1ccc(-c2ccc(=O)n(CC(=O)NCCn3nc(-c4ccco4)ccc3=O)n2)cc1OC. The van der Waals surface area contributed by atoms with Crippen LogP contribution in [0.5, 0.6) is 11.5 Å². The number of hydrogen-bond acceptors (Lipinski definition) is 8. The number of aromatic nitrogens is 4. The maximum atomic E-state index is 12.5. The number of carbonyl (C=O) groups excluding carboxylic acids is 1. The fraction of sp³-hybridized carbons (Fsp3) is 0.208. The highest BCUT2D eigenvalue weighted by Gasteiger charge is 2.11. The van der Waals surface area contributed by atoms with Gasteiger partial charge in [-0.15, -0.1) is 0 Å². The molecule has 11 nitrogen and oxygen atoms in total. The van der Waals surface area contributed by atoms with Gasteiger partial charge in [0.1, 0.15) is 12.2 Å². The van der Waals surface area contributed by atoms with Gasteiger partial charge in [0.05, 0.1) is 32.7 Å². The summed E-state index contributed by atoms with van der Waals surface area (Å²) in [6.45, 7) is -0.000669. The van der Waals surface area contributed by atoms with E-state index in [1.165, 1.54) is 37.3 Å². The molecule has 1 aromatic carbocycles. The Labute approximate surface area is 199 Å². The zero-order valence-corrected chi connectivity index (χ0v) is 19.1. The molecule has 0 saturated heterocycles. The first-order valence-electron chi connectivity index (χ1n) is 10.7. The van der Waals surface area contributed by atoms with Crippen molar-refractivity contribution in [3.8, 4) is 34.2 Å². The first-order valence-corrected chi connectivity index (χ1v) is 10.7. The normalized spacial score (nSPS) is 10.7. The van der Waals surface area contributed by atoms with Crippen molar-refractivity contribution in [2.24, 2.45) is 0 Å². The van der Waals surface area contributed by atoms with Crippen molar-refractivity contribution in [1.82, 2.24) is 24.9 Å². The third kappa shape index (κ3) is 5.46. The van der Waals surface area contributed by atoms with Gasteiger partial charge in [0, 0.05) is 24.2 Å². The summed E-state index contributed by atoms with van der Waals surface area (Å²) in [6.07, 6.45) is 1.52. The lowest BCUT2D eigenvalue weighted by molar-refractivity contribution is -0.121. The van der Waals surface area contributed by atoms with Gasteiger partial charge in [0.15, 0.2) is 17.3 Å². The molecule has 0 aliphatic rings. The number of nitrogens with one attached hydrogen (secondary N) is 1. The predicted octanol–water partition coefficient (Wildman–Crippen LogP) is 1.56. The highest BCUT2D eigenvalue weighted by Crippen LogP contribution is 2.31. The van der Waals surface area contributed by atoms with E-state index in [4.69, 9.17) is 13.9 Å². The van der Waals surface area contributed by atoms with Crippen LogP contribution in [0.25, 0.3) is 22.7 Å². The minimum Gasteiger partial charge on any atom is -0.493 e. The number of amides is 1. The van der Waals surface area contributed by atoms with Gasteiger partial charge >= 0.3 is 0 Å². The van der Waals surface area contributed by atoms with Crippen LogP contribution in [-0.4, -0.2) is 46.2 Å². The van der Waals surface area contributed by atoms with Gasteiger partial charge in [-0.1, -0.05) is 0 Å². The summed E-state index contributed by atoms with van der Waals surface area (Å²) in [5.74, 6) is 1.18. The topological polar surface area (TPSA) is 130 Å². The number of rotatable bonds is 9. The third-order valence-corrected chi connectivity index (χ3v) is 5.13. The molecule has 0 aliphatic carbocycles. The van der Waals surface area contributed by atoms with Crippen molar-refractivity contribution in [1.29, 1.82) is 0 Å². The Morgan fingerprint density at radius 2 is 1.63 bits per heavy atom. The van der Waals surface area contributed by atoms with E-state index >= 15 is 0 Å². The van der Waals surface area contributed by atoms with Crippen LogP contribution in [0.1, 0.15) is 0 Å². The number of hydrogen-bond donors (Lipinski definition) is 1. The molecule has 4 rings (SSSR count). The Morgan fingerprint density at radius 3 is 2.34 bits per heavy atom. The molecule has 0 aliphatic heterocycles. The van der Waals surface area contributed by atoms with E-state index in [1.807, 2.05) is 0 Å². The van der Waals surface area contributed by atoms with E-state index in [0.29, 0.717) is 34.2 Å². The number of nitrogens with zero attached hydrogens (tertiary/aromatic N) is 4. The molecule has 3 heterocycles.